The van der Waals surface area contributed by atoms with Crippen molar-refractivity contribution < 1.29 is 14.4 Å². The molecule has 7 nitrogen and oxygen atoms in total. The van der Waals surface area contributed by atoms with Crippen molar-refractivity contribution in [1.82, 2.24) is 16.0 Å². The summed E-state index contributed by atoms with van der Waals surface area (Å²) in [5, 5.41) is 7.89. The fraction of sp³-hybridized carbons (Fsp3) is 0.750. The molecule has 0 unspecified atom stereocenters. The van der Waals surface area contributed by atoms with Gasteiger partial charge in [-0.3, -0.25) is 9.59 Å². The Kier molecular flexibility index (Phi) is 5.59. The lowest BCUT2D eigenvalue weighted by atomic mass is 9.99. The number of primary amides is 1. The van der Waals surface area contributed by atoms with Gasteiger partial charge < -0.3 is 21.7 Å². The highest BCUT2D eigenvalue weighted by Gasteiger charge is 2.33. The number of nitrogens with one attached hydrogen (secondary N) is 3. The summed E-state index contributed by atoms with van der Waals surface area (Å²) in [4.78, 5) is 34.1. The van der Waals surface area contributed by atoms with Crippen molar-refractivity contribution in [3.8, 4) is 0 Å². The first kappa shape index (κ1) is 15.3. The number of rotatable bonds is 6. The molecule has 5 N–H and O–H groups in total. The molecule has 19 heavy (non-hydrogen) atoms. The van der Waals surface area contributed by atoms with E-state index in [4.69, 9.17) is 5.73 Å². The Morgan fingerprint density at radius 1 is 1.26 bits per heavy atom. The van der Waals surface area contributed by atoms with Crippen LogP contribution in [0.25, 0.3) is 0 Å². The smallest absolute Gasteiger partial charge is 0.312 e. The quantitative estimate of drug-likeness (QED) is 0.486. The van der Waals surface area contributed by atoms with Crippen molar-refractivity contribution in [3.05, 3.63) is 0 Å². The van der Waals surface area contributed by atoms with Crippen LogP contribution < -0.4 is 21.7 Å². The Labute approximate surface area is 112 Å². The molecule has 0 aliphatic carbocycles. The molecule has 4 amide bonds. The zero-order valence-electron chi connectivity index (χ0n) is 11.4. The highest BCUT2D eigenvalue weighted by atomic mass is 16.2. The van der Waals surface area contributed by atoms with E-state index in [1.165, 1.54) is 0 Å². The van der Waals surface area contributed by atoms with E-state index in [-0.39, 0.29) is 11.8 Å². The van der Waals surface area contributed by atoms with E-state index in [2.05, 4.69) is 16.0 Å². The van der Waals surface area contributed by atoms with Gasteiger partial charge in [0.2, 0.25) is 11.8 Å². The molecule has 0 aromatic rings. The Morgan fingerprint density at radius 2 is 1.84 bits per heavy atom. The van der Waals surface area contributed by atoms with E-state index in [9.17, 15) is 14.4 Å². The van der Waals surface area contributed by atoms with E-state index in [1.54, 1.807) is 0 Å². The van der Waals surface area contributed by atoms with Crippen molar-refractivity contribution in [2.45, 2.75) is 45.2 Å². The first-order valence-corrected chi connectivity index (χ1v) is 6.54. The van der Waals surface area contributed by atoms with Crippen molar-refractivity contribution in [1.29, 1.82) is 0 Å². The predicted molar refractivity (Wildman–Crippen MR) is 70.1 cm³/mol. The minimum atomic E-state index is -0.589. The number of urea groups is 1. The minimum absolute atomic E-state index is 0.138. The number of amides is 4. The Bertz CT molecular complexity index is 357. The molecule has 0 bridgehead atoms. The van der Waals surface area contributed by atoms with Gasteiger partial charge in [-0.05, 0) is 25.2 Å². The van der Waals surface area contributed by atoms with Crippen LogP contribution in [0.4, 0.5) is 4.79 Å². The van der Waals surface area contributed by atoms with Gasteiger partial charge >= 0.3 is 6.03 Å². The van der Waals surface area contributed by atoms with E-state index in [1.807, 2.05) is 13.8 Å². The number of hydrogen-bond acceptors (Lipinski definition) is 3. The average molecular weight is 270 g/mol. The second kappa shape index (κ2) is 6.96. The monoisotopic (exact) mass is 270 g/mol. The maximum absolute atomic E-state index is 11.8. The van der Waals surface area contributed by atoms with E-state index >= 15 is 0 Å². The number of nitrogens with two attached hydrogens (primary N) is 1. The van der Waals surface area contributed by atoms with E-state index < -0.39 is 18.1 Å². The molecule has 1 fully saturated rings. The molecular formula is C12H22N4O3. The maximum atomic E-state index is 11.8. The van der Waals surface area contributed by atoms with Crippen molar-refractivity contribution in [2.24, 2.45) is 11.7 Å². The number of piperazine rings is 1. The van der Waals surface area contributed by atoms with Gasteiger partial charge in [-0.25, -0.2) is 4.79 Å². The largest absolute Gasteiger partial charge is 0.352 e. The predicted octanol–water partition coefficient (Wildman–Crippen LogP) is -0.536. The van der Waals surface area contributed by atoms with Gasteiger partial charge in [0.25, 0.3) is 0 Å². The molecule has 108 valence electrons. The summed E-state index contributed by atoms with van der Waals surface area (Å²) in [5.74, 6) is 0.0397. The molecule has 0 saturated carbocycles. The van der Waals surface area contributed by atoms with Crippen molar-refractivity contribution in [2.75, 3.05) is 6.54 Å². The van der Waals surface area contributed by atoms with Crippen molar-refractivity contribution >= 4 is 17.8 Å². The fourth-order valence-corrected chi connectivity index (χ4v) is 2.03. The van der Waals surface area contributed by atoms with Crippen LogP contribution in [0.2, 0.25) is 0 Å². The molecule has 0 aromatic heterocycles. The fourth-order valence-electron chi connectivity index (χ4n) is 2.03. The topological polar surface area (TPSA) is 113 Å². The van der Waals surface area contributed by atoms with E-state index in [0.717, 1.165) is 0 Å². The summed E-state index contributed by atoms with van der Waals surface area (Å²) in [7, 11) is 0. The third kappa shape index (κ3) is 5.15. The van der Waals surface area contributed by atoms with E-state index in [0.29, 0.717) is 31.7 Å². The second-order valence-corrected chi connectivity index (χ2v) is 5.19. The van der Waals surface area contributed by atoms with Crippen LogP contribution in [0, 0.1) is 5.92 Å². The minimum Gasteiger partial charge on any atom is -0.352 e. The zero-order valence-corrected chi connectivity index (χ0v) is 11.4. The lowest BCUT2D eigenvalue weighted by Gasteiger charge is -2.30. The normalized spacial score (nSPS) is 22.9. The summed E-state index contributed by atoms with van der Waals surface area (Å²) in [5.41, 5.74) is 4.93. The third-order valence-electron chi connectivity index (χ3n) is 2.94. The van der Waals surface area contributed by atoms with Gasteiger partial charge in [-0.1, -0.05) is 13.8 Å². The Hall–Kier alpha value is -1.79. The molecule has 2 atom stereocenters. The standard InChI is InChI=1S/C12H22N4O3/c1-7(2)6-9-11(18)15-8(10(17)16-9)4-3-5-14-12(13)19/h7-9H,3-6H2,1-2H3,(H,15,18)(H,16,17)(H3,13,14,19)/t8-,9-/m0/s1. The molecule has 1 aliphatic rings. The first-order chi connectivity index (χ1) is 8.90. The maximum Gasteiger partial charge on any atom is 0.312 e. The van der Waals surface area contributed by atoms with Crippen LogP contribution in [0.15, 0.2) is 0 Å². The van der Waals surface area contributed by atoms with Crippen LogP contribution in [-0.4, -0.2) is 36.5 Å². The summed E-state index contributed by atoms with van der Waals surface area (Å²) >= 11 is 0. The van der Waals surface area contributed by atoms with Gasteiger partial charge in [-0.15, -0.1) is 0 Å². The van der Waals surface area contributed by atoms with Crippen molar-refractivity contribution in [3.63, 3.8) is 0 Å². The highest BCUT2D eigenvalue weighted by molar-refractivity contribution is 5.96. The second-order valence-electron chi connectivity index (χ2n) is 5.19. The van der Waals surface area contributed by atoms with Gasteiger partial charge in [0, 0.05) is 6.54 Å². The van der Waals surface area contributed by atoms with Gasteiger partial charge in [-0.2, -0.15) is 0 Å². The molecule has 0 aromatic carbocycles. The molecule has 0 radical (unpaired) electrons. The first-order valence-electron chi connectivity index (χ1n) is 6.54. The summed E-state index contributed by atoms with van der Waals surface area (Å²) in [6.45, 7) is 4.40. The number of carbonyl (C=O) groups excluding carboxylic acids is 3. The van der Waals surface area contributed by atoms with Crippen LogP contribution in [0.5, 0.6) is 0 Å². The summed E-state index contributed by atoms with van der Waals surface area (Å²) in [6.07, 6.45) is 1.69. The molecule has 1 rings (SSSR count). The zero-order chi connectivity index (χ0) is 14.4. The molecule has 7 heteroatoms. The third-order valence-corrected chi connectivity index (χ3v) is 2.94. The van der Waals surface area contributed by atoms with Crippen LogP contribution >= 0.6 is 0 Å². The summed E-state index contributed by atoms with van der Waals surface area (Å²) < 4.78 is 0. The lowest BCUT2D eigenvalue weighted by Crippen LogP contribution is -2.61. The summed E-state index contributed by atoms with van der Waals surface area (Å²) in [6, 6.07) is -1.55. The molecule has 0 spiro atoms. The van der Waals surface area contributed by atoms with Gasteiger partial charge in [0.05, 0.1) is 0 Å². The Morgan fingerprint density at radius 3 is 2.42 bits per heavy atom. The van der Waals surface area contributed by atoms with Gasteiger partial charge in [0.15, 0.2) is 0 Å². The van der Waals surface area contributed by atoms with Gasteiger partial charge in [0.1, 0.15) is 12.1 Å². The molecular weight excluding hydrogens is 248 g/mol. The highest BCUT2D eigenvalue weighted by Crippen LogP contribution is 2.10. The van der Waals surface area contributed by atoms with Crippen LogP contribution in [0.3, 0.4) is 0 Å². The Balaban J connectivity index is 2.36. The molecule has 1 heterocycles. The lowest BCUT2D eigenvalue weighted by molar-refractivity contribution is -0.137. The van der Waals surface area contributed by atoms with Crippen LogP contribution in [-0.2, 0) is 9.59 Å². The number of hydrogen-bond donors (Lipinski definition) is 4. The van der Waals surface area contributed by atoms with Crippen LogP contribution in [0.1, 0.15) is 33.1 Å². The molecule has 1 aliphatic heterocycles. The molecule has 1 saturated heterocycles. The number of carbonyl (C=O) groups is 3. The average Bonchev–Trinajstić information content (AvgIpc) is 2.29. The SMILES string of the molecule is CC(C)C[C@@H]1NC(=O)[C@H](CCCNC(N)=O)NC1=O.